The monoisotopic (exact) mass is 388 g/mol. The highest BCUT2D eigenvalue weighted by Crippen LogP contribution is 2.17. The SMILES string of the molecule is CC(CCBr)CNS(=O)(=O)c1c(Br)nnn1C. The zero-order valence-corrected chi connectivity index (χ0v) is 13.5. The molecule has 0 radical (unpaired) electrons. The number of nitrogens with one attached hydrogen (secondary N) is 1. The summed E-state index contributed by atoms with van der Waals surface area (Å²) >= 11 is 6.39. The molecule has 0 bridgehead atoms. The zero-order valence-electron chi connectivity index (χ0n) is 9.52. The van der Waals surface area contributed by atoms with Crippen molar-refractivity contribution in [3.8, 4) is 0 Å². The van der Waals surface area contributed by atoms with Gasteiger partial charge in [0.25, 0.3) is 10.0 Å². The van der Waals surface area contributed by atoms with E-state index in [1.54, 1.807) is 0 Å². The third-order valence-electron chi connectivity index (χ3n) is 2.22. The first kappa shape index (κ1) is 15.1. The van der Waals surface area contributed by atoms with Crippen LogP contribution in [0.1, 0.15) is 13.3 Å². The lowest BCUT2D eigenvalue weighted by Gasteiger charge is -2.11. The lowest BCUT2D eigenvalue weighted by Crippen LogP contribution is -2.30. The van der Waals surface area contributed by atoms with Gasteiger partial charge in [0.1, 0.15) is 0 Å². The van der Waals surface area contributed by atoms with Crippen molar-refractivity contribution in [2.75, 3.05) is 11.9 Å². The summed E-state index contributed by atoms with van der Waals surface area (Å²) < 4.78 is 28.0. The van der Waals surface area contributed by atoms with Gasteiger partial charge < -0.3 is 0 Å². The molecule has 17 heavy (non-hydrogen) atoms. The van der Waals surface area contributed by atoms with E-state index in [-0.39, 0.29) is 15.5 Å². The Balaban J connectivity index is 2.76. The van der Waals surface area contributed by atoms with Gasteiger partial charge in [0.05, 0.1) is 0 Å². The molecule has 0 aromatic carbocycles. The van der Waals surface area contributed by atoms with Crippen LogP contribution >= 0.6 is 31.9 Å². The predicted molar refractivity (Wildman–Crippen MR) is 71.5 cm³/mol. The Labute approximate surface area is 117 Å². The lowest BCUT2D eigenvalue weighted by molar-refractivity contribution is 0.523. The zero-order chi connectivity index (χ0) is 13.1. The van der Waals surface area contributed by atoms with Crippen molar-refractivity contribution in [2.24, 2.45) is 13.0 Å². The molecule has 1 rings (SSSR count). The van der Waals surface area contributed by atoms with E-state index in [1.807, 2.05) is 6.92 Å². The van der Waals surface area contributed by atoms with Crippen molar-refractivity contribution in [1.82, 2.24) is 19.7 Å². The van der Waals surface area contributed by atoms with Crippen LogP contribution < -0.4 is 4.72 Å². The molecule has 6 nitrogen and oxygen atoms in total. The summed E-state index contributed by atoms with van der Waals surface area (Å²) in [7, 11) is -2.03. The van der Waals surface area contributed by atoms with Crippen molar-refractivity contribution in [1.29, 1.82) is 0 Å². The van der Waals surface area contributed by atoms with E-state index in [0.717, 1.165) is 11.8 Å². The van der Waals surface area contributed by atoms with Gasteiger partial charge in [-0.2, -0.15) is 0 Å². The number of hydrogen-bond acceptors (Lipinski definition) is 4. The standard InChI is InChI=1S/C8H14Br2N4O2S/c1-6(3-4-9)5-11-17(15,16)8-7(10)12-13-14(8)2/h6,11H,3-5H2,1-2H3. The summed E-state index contributed by atoms with van der Waals surface area (Å²) in [5, 5.41) is 8.19. The van der Waals surface area contributed by atoms with Gasteiger partial charge in [0.15, 0.2) is 4.60 Å². The molecule has 0 aliphatic heterocycles. The summed E-state index contributed by atoms with van der Waals surface area (Å²) in [5.41, 5.74) is 0. The number of alkyl halides is 1. The van der Waals surface area contributed by atoms with Crippen LogP contribution in [-0.2, 0) is 17.1 Å². The maximum absolute atomic E-state index is 12.0. The van der Waals surface area contributed by atoms with Gasteiger partial charge in [0, 0.05) is 18.9 Å². The molecule has 0 saturated carbocycles. The molecule has 1 aromatic rings. The first-order valence-electron chi connectivity index (χ1n) is 4.99. The minimum absolute atomic E-state index is 0.0449. The highest BCUT2D eigenvalue weighted by atomic mass is 79.9. The predicted octanol–water partition coefficient (Wildman–Crippen LogP) is 1.28. The van der Waals surface area contributed by atoms with E-state index >= 15 is 0 Å². The molecule has 0 fully saturated rings. The molecule has 9 heteroatoms. The fraction of sp³-hybridized carbons (Fsp3) is 0.750. The molecule has 1 atom stereocenters. The van der Waals surface area contributed by atoms with Crippen LogP contribution in [0.5, 0.6) is 0 Å². The number of nitrogens with zero attached hydrogens (tertiary/aromatic N) is 3. The molecule has 1 N–H and O–H groups in total. The first-order valence-corrected chi connectivity index (χ1v) is 8.39. The Morgan fingerprint density at radius 3 is 2.65 bits per heavy atom. The average Bonchev–Trinajstić information content (AvgIpc) is 2.57. The number of aromatic nitrogens is 3. The normalized spacial score (nSPS) is 13.9. The number of hydrogen-bond donors (Lipinski definition) is 1. The Hall–Kier alpha value is 0.0100. The van der Waals surface area contributed by atoms with Crippen molar-refractivity contribution in [3.63, 3.8) is 0 Å². The van der Waals surface area contributed by atoms with E-state index in [1.165, 1.54) is 11.7 Å². The Morgan fingerprint density at radius 2 is 2.18 bits per heavy atom. The number of sulfonamides is 1. The van der Waals surface area contributed by atoms with Crippen LogP contribution in [0.3, 0.4) is 0 Å². The minimum Gasteiger partial charge on any atom is -0.235 e. The molecule has 0 saturated heterocycles. The summed E-state index contributed by atoms with van der Waals surface area (Å²) in [4.78, 5) is 0. The summed E-state index contributed by atoms with van der Waals surface area (Å²) in [5.74, 6) is 0.268. The minimum atomic E-state index is -3.57. The summed E-state index contributed by atoms with van der Waals surface area (Å²) in [6, 6.07) is 0. The Morgan fingerprint density at radius 1 is 1.53 bits per heavy atom. The highest BCUT2D eigenvalue weighted by molar-refractivity contribution is 9.10. The number of aryl methyl sites for hydroxylation is 1. The van der Waals surface area contributed by atoms with Crippen LogP contribution in [0, 0.1) is 5.92 Å². The second-order valence-corrected chi connectivity index (χ2v) is 6.97. The average molecular weight is 390 g/mol. The third-order valence-corrected chi connectivity index (χ3v) is 4.98. The van der Waals surface area contributed by atoms with Crippen LogP contribution in [-0.4, -0.2) is 35.3 Å². The van der Waals surface area contributed by atoms with E-state index in [2.05, 4.69) is 46.9 Å². The van der Waals surface area contributed by atoms with Gasteiger partial charge in [-0.1, -0.05) is 28.1 Å². The molecule has 1 heterocycles. The largest absolute Gasteiger partial charge is 0.260 e. The van der Waals surface area contributed by atoms with Crippen molar-refractivity contribution in [2.45, 2.75) is 18.4 Å². The second-order valence-electron chi connectivity index (χ2n) is 3.74. The van der Waals surface area contributed by atoms with Gasteiger partial charge in [-0.25, -0.2) is 17.8 Å². The van der Waals surface area contributed by atoms with Crippen LogP contribution in [0.25, 0.3) is 0 Å². The van der Waals surface area contributed by atoms with Gasteiger partial charge in [-0.15, -0.1) is 5.10 Å². The Bertz CT molecular complexity index is 454. The van der Waals surface area contributed by atoms with E-state index in [4.69, 9.17) is 0 Å². The Kier molecular flexibility index (Phi) is 5.55. The summed E-state index contributed by atoms with van der Waals surface area (Å²) in [6.45, 7) is 2.38. The van der Waals surface area contributed by atoms with Crippen molar-refractivity contribution >= 4 is 41.9 Å². The molecule has 0 aliphatic rings. The molecular formula is C8H14Br2N4O2S. The van der Waals surface area contributed by atoms with E-state index in [0.29, 0.717) is 6.54 Å². The molecule has 1 unspecified atom stereocenters. The number of rotatable bonds is 6. The molecule has 1 aromatic heterocycles. The topological polar surface area (TPSA) is 76.9 Å². The van der Waals surface area contributed by atoms with Gasteiger partial charge >= 0.3 is 0 Å². The van der Waals surface area contributed by atoms with Gasteiger partial charge in [0.2, 0.25) is 5.03 Å². The van der Waals surface area contributed by atoms with Crippen LogP contribution in [0.15, 0.2) is 9.63 Å². The van der Waals surface area contributed by atoms with Crippen LogP contribution in [0.2, 0.25) is 0 Å². The molecule has 0 amide bonds. The fourth-order valence-electron chi connectivity index (χ4n) is 1.22. The van der Waals surface area contributed by atoms with Gasteiger partial charge in [-0.05, 0) is 28.3 Å². The third kappa shape index (κ3) is 4.01. The molecular weight excluding hydrogens is 376 g/mol. The van der Waals surface area contributed by atoms with E-state index in [9.17, 15) is 8.42 Å². The van der Waals surface area contributed by atoms with Crippen LogP contribution in [0.4, 0.5) is 0 Å². The van der Waals surface area contributed by atoms with Crippen molar-refractivity contribution in [3.05, 3.63) is 4.60 Å². The van der Waals surface area contributed by atoms with E-state index < -0.39 is 10.0 Å². The highest BCUT2D eigenvalue weighted by Gasteiger charge is 2.23. The lowest BCUT2D eigenvalue weighted by atomic mass is 10.1. The quantitative estimate of drug-likeness (QED) is 0.743. The maximum atomic E-state index is 12.0. The van der Waals surface area contributed by atoms with Crippen molar-refractivity contribution < 1.29 is 8.42 Å². The summed E-state index contributed by atoms with van der Waals surface area (Å²) in [6.07, 6.45) is 0.910. The smallest absolute Gasteiger partial charge is 0.235 e. The van der Waals surface area contributed by atoms with Gasteiger partial charge in [-0.3, -0.25) is 0 Å². The number of halogens is 2. The molecule has 0 aliphatic carbocycles. The maximum Gasteiger partial charge on any atom is 0.260 e. The molecule has 98 valence electrons. The first-order chi connectivity index (χ1) is 7.88. The second kappa shape index (κ2) is 6.26. The molecule has 0 spiro atoms. The fourth-order valence-corrected chi connectivity index (χ4v) is 4.25.